The number of carbonyl (C=O) groups is 3. The van der Waals surface area contributed by atoms with Gasteiger partial charge in [0.15, 0.2) is 0 Å². The van der Waals surface area contributed by atoms with E-state index in [1.165, 1.54) is 0 Å². The molecule has 126 valence electrons. The predicted octanol–water partition coefficient (Wildman–Crippen LogP) is 1.25. The molecule has 7 heteroatoms. The van der Waals surface area contributed by atoms with Crippen LogP contribution in [0.2, 0.25) is 0 Å². The molecule has 24 heavy (non-hydrogen) atoms. The molecule has 2 aliphatic rings. The van der Waals surface area contributed by atoms with Crippen molar-refractivity contribution in [3.8, 4) is 0 Å². The largest absolute Gasteiger partial charge is 0.506 e. The Morgan fingerprint density at radius 1 is 1.25 bits per heavy atom. The summed E-state index contributed by atoms with van der Waals surface area (Å²) in [4.78, 5) is 35.1. The average molecular weight is 331 g/mol. The van der Waals surface area contributed by atoms with Gasteiger partial charge in [0.1, 0.15) is 17.9 Å². The van der Waals surface area contributed by atoms with Crippen molar-refractivity contribution in [2.45, 2.75) is 18.8 Å². The maximum Gasteiger partial charge on any atom is 0.322 e. The van der Waals surface area contributed by atoms with Gasteiger partial charge in [0, 0.05) is 24.3 Å². The van der Waals surface area contributed by atoms with E-state index in [2.05, 4.69) is 5.32 Å². The first-order valence-electron chi connectivity index (χ1n) is 7.69. The van der Waals surface area contributed by atoms with Crippen LogP contribution in [0.4, 0.5) is 0 Å². The van der Waals surface area contributed by atoms with Crippen molar-refractivity contribution in [3.63, 3.8) is 0 Å². The molecule has 1 aromatic rings. The molecular weight excluding hydrogens is 314 g/mol. The summed E-state index contributed by atoms with van der Waals surface area (Å²) >= 11 is 0. The number of aliphatic hydroxyl groups is 1. The standard InChI is InChI=1S/C17H17NO6/c19-12(20)8-18-17(23)14-15(21)11-3-1-2-10(13(11)16(14)22)9-4-6-24-7-5-9/h1-3,9,22H,4-8H2,(H,18,23)(H,19,20). The minimum atomic E-state index is -1.23. The first kappa shape index (κ1) is 16.2. The molecule has 1 aromatic carbocycles. The molecule has 3 rings (SSSR count). The quantitative estimate of drug-likeness (QED) is 0.716. The summed E-state index contributed by atoms with van der Waals surface area (Å²) in [6, 6.07) is 5.14. The van der Waals surface area contributed by atoms with E-state index in [1.54, 1.807) is 12.1 Å². The molecule has 1 aliphatic carbocycles. The van der Waals surface area contributed by atoms with Crippen molar-refractivity contribution in [1.82, 2.24) is 5.32 Å². The highest BCUT2D eigenvalue weighted by Gasteiger charge is 2.37. The third-order valence-electron chi connectivity index (χ3n) is 4.33. The summed E-state index contributed by atoms with van der Waals surface area (Å²) in [5.74, 6) is -2.92. The second-order valence-corrected chi connectivity index (χ2v) is 5.79. The minimum Gasteiger partial charge on any atom is -0.506 e. The lowest BCUT2D eigenvalue weighted by Gasteiger charge is -2.24. The predicted molar refractivity (Wildman–Crippen MR) is 83.8 cm³/mol. The normalized spacial score (nSPS) is 17.8. The number of amides is 1. The Morgan fingerprint density at radius 3 is 2.62 bits per heavy atom. The molecule has 0 aromatic heterocycles. The van der Waals surface area contributed by atoms with Crippen LogP contribution in [0, 0.1) is 0 Å². The number of fused-ring (bicyclic) bond motifs is 1. The molecule has 0 unspecified atom stereocenters. The first-order chi connectivity index (χ1) is 11.5. The van der Waals surface area contributed by atoms with Crippen molar-refractivity contribution in [2.24, 2.45) is 0 Å². The molecule has 1 amide bonds. The van der Waals surface area contributed by atoms with Crippen molar-refractivity contribution >= 4 is 23.4 Å². The molecule has 1 aliphatic heterocycles. The van der Waals surface area contributed by atoms with Gasteiger partial charge in [0.2, 0.25) is 5.78 Å². The van der Waals surface area contributed by atoms with E-state index in [-0.39, 0.29) is 17.2 Å². The number of hydrogen-bond donors (Lipinski definition) is 3. The molecule has 0 bridgehead atoms. The smallest absolute Gasteiger partial charge is 0.322 e. The van der Waals surface area contributed by atoms with Crippen LogP contribution in [-0.2, 0) is 14.3 Å². The number of ether oxygens (including phenoxy) is 1. The third-order valence-corrected chi connectivity index (χ3v) is 4.33. The van der Waals surface area contributed by atoms with E-state index >= 15 is 0 Å². The molecular formula is C17H17NO6. The van der Waals surface area contributed by atoms with Crippen molar-refractivity contribution < 1.29 is 29.3 Å². The Hall–Kier alpha value is -2.67. The number of aliphatic hydroxyl groups excluding tert-OH is 1. The van der Waals surface area contributed by atoms with Crippen LogP contribution in [0.5, 0.6) is 0 Å². The van der Waals surface area contributed by atoms with E-state index in [4.69, 9.17) is 9.84 Å². The highest BCUT2D eigenvalue weighted by Crippen LogP contribution is 2.39. The number of carboxylic acid groups (broad SMARTS) is 1. The molecule has 7 nitrogen and oxygen atoms in total. The lowest BCUT2D eigenvalue weighted by Crippen LogP contribution is -2.32. The van der Waals surface area contributed by atoms with Crippen LogP contribution >= 0.6 is 0 Å². The summed E-state index contributed by atoms with van der Waals surface area (Å²) in [6.45, 7) is 0.601. The van der Waals surface area contributed by atoms with Crippen LogP contribution in [0.3, 0.4) is 0 Å². The zero-order chi connectivity index (χ0) is 17.3. The summed E-state index contributed by atoms with van der Waals surface area (Å²) in [6.07, 6.45) is 1.55. The molecule has 1 fully saturated rings. The number of nitrogens with one attached hydrogen (secondary N) is 1. The Bertz CT molecular complexity index is 745. The Labute approximate surface area is 137 Å². The van der Waals surface area contributed by atoms with Gasteiger partial charge in [-0.05, 0) is 24.3 Å². The molecule has 0 radical (unpaired) electrons. The Balaban J connectivity index is 1.97. The highest BCUT2D eigenvalue weighted by molar-refractivity contribution is 6.34. The van der Waals surface area contributed by atoms with Gasteiger partial charge in [-0.2, -0.15) is 0 Å². The average Bonchev–Trinajstić information content (AvgIpc) is 2.85. The Kier molecular flexibility index (Phi) is 4.35. The number of hydrogen-bond acceptors (Lipinski definition) is 5. The van der Waals surface area contributed by atoms with Crippen LogP contribution in [0.25, 0.3) is 5.76 Å². The maximum absolute atomic E-state index is 12.5. The van der Waals surface area contributed by atoms with E-state index < -0.39 is 29.8 Å². The Morgan fingerprint density at radius 2 is 1.96 bits per heavy atom. The lowest BCUT2D eigenvalue weighted by molar-refractivity contribution is -0.137. The highest BCUT2D eigenvalue weighted by atomic mass is 16.5. The monoisotopic (exact) mass is 331 g/mol. The summed E-state index contributed by atoms with van der Waals surface area (Å²) < 4.78 is 5.34. The van der Waals surface area contributed by atoms with Crippen LogP contribution in [-0.4, -0.2) is 47.6 Å². The zero-order valence-electron chi connectivity index (χ0n) is 12.9. The number of benzene rings is 1. The van der Waals surface area contributed by atoms with Crippen molar-refractivity contribution in [1.29, 1.82) is 0 Å². The zero-order valence-corrected chi connectivity index (χ0v) is 12.9. The molecule has 1 heterocycles. The van der Waals surface area contributed by atoms with Gasteiger partial charge in [-0.1, -0.05) is 18.2 Å². The van der Waals surface area contributed by atoms with E-state index in [0.29, 0.717) is 18.8 Å². The first-order valence-corrected chi connectivity index (χ1v) is 7.69. The SMILES string of the molecule is O=C(O)CNC(=O)C1=C(O)c2c(cccc2C2CCOCC2)C1=O. The molecule has 3 N–H and O–H groups in total. The molecule has 1 saturated heterocycles. The topological polar surface area (TPSA) is 113 Å². The fourth-order valence-electron chi connectivity index (χ4n) is 3.19. The molecule has 0 atom stereocenters. The van der Waals surface area contributed by atoms with E-state index in [9.17, 15) is 19.5 Å². The van der Waals surface area contributed by atoms with Gasteiger partial charge in [0.05, 0.1) is 0 Å². The van der Waals surface area contributed by atoms with Gasteiger partial charge in [-0.15, -0.1) is 0 Å². The van der Waals surface area contributed by atoms with Crippen LogP contribution in [0.15, 0.2) is 23.8 Å². The van der Waals surface area contributed by atoms with Crippen LogP contribution in [0.1, 0.15) is 40.2 Å². The molecule has 0 saturated carbocycles. The van der Waals surface area contributed by atoms with Gasteiger partial charge in [-0.25, -0.2) is 0 Å². The number of Topliss-reactive ketones (excluding diaryl/α,β-unsaturated/α-hetero) is 1. The van der Waals surface area contributed by atoms with Gasteiger partial charge < -0.3 is 20.3 Å². The second-order valence-electron chi connectivity index (χ2n) is 5.79. The van der Waals surface area contributed by atoms with Gasteiger partial charge in [-0.3, -0.25) is 14.4 Å². The third kappa shape index (κ3) is 2.78. The second kappa shape index (κ2) is 6.45. The fraction of sp³-hybridized carbons (Fsp3) is 0.353. The number of aliphatic carboxylic acids is 1. The number of ketones is 1. The summed E-state index contributed by atoms with van der Waals surface area (Å²) in [5, 5.41) is 21.2. The number of carbonyl (C=O) groups excluding carboxylic acids is 2. The van der Waals surface area contributed by atoms with E-state index in [0.717, 1.165) is 18.4 Å². The van der Waals surface area contributed by atoms with Gasteiger partial charge in [0.25, 0.3) is 5.91 Å². The fourth-order valence-corrected chi connectivity index (χ4v) is 3.19. The van der Waals surface area contributed by atoms with Crippen molar-refractivity contribution in [3.05, 3.63) is 40.5 Å². The number of rotatable bonds is 4. The maximum atomic E-state index is 12.5. The van der Waals surface area contributed by atoms with E-state index in [1.807, 2.05) is 6.07 Å². The van der Waals surface area contributed by atoms with Gasteiger partial charge >= 0.3 is 5.97 Å². The number of carboxylic acids is 1. The van der Waals surface area contributed by atoms with Crippen LogP contribution < -0.4 is 5.32 Å². The van der Waals surface area contributed by atoms with Crippen molar-refractivity contribution in [2.75, 3.05) is 19.8 Å². The lowest BCUT2D eigenvalue weighted by atomic mass is 9.87. The minimum absolute atomic E-state index is 0.144. The summed E-state index contributed by atoms with van der Waals surface area (Å²) in [5.41, 5.74) is 1.08. The summed E-state index contributed by atoms with van der Waals surface area (Å²) in [7, 11) is 0. The molecule has 0 spiro atoms.